The molecule has 6 heteroatoms. The van der Waals surface area contributed by atoms with Gasteiger partial charge in [-0.25, -0.2) is 4.98 Å². The van der Waals surface area contributed by atoms with E-state index in [-0.39, 0.29) is 0 Å². The van der Waals surface area contributed by atoms with Gasteiger partial charge in [0.05, 0.1) is 0 Å². The van der Waals surface area contributed by atoms with Crippen LogP contribution in [-0.2, 0) is 9.59 Å². The molecule has 0 saturated carbocycles. The molecule has 0 atom stereocenters. The standard InChI is InChI=1S/C16H18N4O2/c1-11-4-9-14(17-10-11)19-16(22)15(21)18-12-5-7-13(8-6-12)20(2)3/h4-10H,1-3H3,(H,18,21)(H,17,19,22). The number of carbonyl (C=O) groups is 2. The minimum absolute atomic E-state index is 0.341. The minimum Gasteiger partial charge on any atom is -0.378 e. The number of rotatable bonds is 3. The van der Waals surface area contributed by atoms with Gasteiger partial charge in [-0.15, -0.1) is 0 Å². The Morgan fingerprint density at radius 2 is 1.59 bits per heavy atom. The van der Waals surface area contributed by atoms with E-state index in [9.17, 15) is 9.59 Å². The van der Waals surface area contributed by atoms with Gasteiger partial charge < -0.3 is 15.5 Å². The lowest BCUT2D eigenvalue weighted by Crippen LogP contribution is -2.29. The van der Waals surface area contributed by atoms with E-state index in [1.165, 1.54) is 0 Å². The summed E-state index contributed by atoms with van der Waals surface area (Å²) in [6.45, 7) is 1.89. The Bertz CT molecular complexity index is 664. The molecule has 2 aromatic rings. The molecule has 2 rings (SSSR count). The largest absolute Gasteiger partial charge is 0.378 e. The maximum atomic E-state index is 11.8. The van der Waals surface area contributed by atoms with E-state index in [0.717, 1.165) is 11.3 Å². The van der Waals surface area contributed by atoms with Crippen molar-refractivity contribution in [2.24, 2.45) is 0 Å². The summed E-state index contributed by atoms with van der Waals surface area (Å²) in [5.74, 6) is -1.15. The molecule has 0 aliphatic heterocycles. The summed E-state index contributed by atoms with van der Waals surface area (Å²) in [7, 11) is 3.85. The average Bonchev–Trinajstić information content (AvgIpc) is 2.50. The van der Waals surface area contributed by atoms with E-state index in [4.69, 9.17) is 0 Å². The van der Waals surface area contributed by atoms with Gasteiger partial charge >= 0.3 is 11.8 Å². The zero-order chi connectivity index (χ0) is 16.1. The van der Waals surface area contributed by atoms with Crippen molar-refractivity contribution in [3.63, 3.8) is 0 Å². The lowest BCUT2D eigenvalue weighted by molar-refractivity contribution is -0.133. The lowest BCUT2D eigenvalue weighted by Gasteiger charge is -2.13. The molecule has 0 fully saturated rings. The first-order chi connectivity index (χ1) is 10.5. The van der Waals surface area contributed by atoms with Crippen molar-refractivity contribution >= 4 is 29.0 Å². The fourth-order valence-electron chi connectivity index (χ4n) is 1.75. The van der Waals surface area contributed by atoms with Gasteiger partial charge in [-0.3, -0.25) is 9.59 Å². The first kappa shape index (κ1) is 15.5. The minimum atomic E-state index is -0.756. The smallest absolute Gasteiger partial charge is 0.315 e. The van der Waals surface area contributed by atoms with Crippen LogP contribution >= 0.6 is 0 Å². The lowest BCUT2D eigenvalue weighted by atomic mass is 10.2. The summed E-state index contributed by atoms with van der Waals surface area (Å²) >= 11 is 0. The summed E-state index contributed by atoms with van der Waals surface area (Å²) in [6, 6.07) is 10.6. The zero-order valence-electron chi connectivity index (χ0n) is 12.8. The molecule has 1 aromatic carbocycles. The number of amides is 2. The second-order valence-corrected chi connectivity index (χ2v) is 5.07. The molecule has 0 aliphatic carbocycles. The van der Waals surface area contributed by atoms with Crippen molar-refractivity contribution in [1.82, 2.24) is 4.98 Å². The molecule has 0 radical (unpaired) electrons. The first-order valence-electron chi connectivity index (χ1n) is 6.78. The highest BCUT2D eigenvalue weighted by Crippen LogP contribution is 2.15. The molecule has 6 nitrogen and oxygen atoms in total. The van der Waals surface area contributed by atoms with Crippen LogP contribution in [0.3, 0.4) is 0 Å². The van der Waals surface area contributed by atoms with Crippen LogP contribution in [-0.4, -0.2) is 30.9 Å². The number of carbonyl (C=O) groups excluding carboxylic acids is 2. The van der Waals surface area contributed by atoms with Crippen LogP contribution in [0.1, 0.15) is 5.56 Å². The Hall–Kier alpha value is -2.89. The number of benzene rings is 1. The number of nitrogens with zero attached hydrogens (tertiary/aromatic N) is 2. The van der Waals surface area contributed by atoms with Crippen LogP contribution in [0.4, 0.5) is 17.2 Å². The average molecular weight is 298 g/mol. The van der Waals surface area contributed by atoms with Crippen molar-refractivity contribution < 1.29 is 9.59 Å². The number of hydrogen-bond donors (Lipinski definition) is 2. The third kappa shape index (κ3) is 4.05. The summed E-state index contributed by atoms with van der Waals surface area (Å²) in [6.07, 6.45) is 1.62. The third-order valence-corrected chi connectivity index (χ3v) is 3.00. The predicted octanol–water partition coefficient (Wildman–Crippen LogP) is 2.03. The van der Waals surface area contributed by atoms with E-state index in [0.29, 0.717) is 11.5 Å². The highest BCUT2D eigenvalue weighted by Gasteiger charge is 2.14. The quantitative estimate of drug-likeness (QED) is 0.850. The highest BCUT2D eigenvalue weighted by molar-refractivity contribution is 6.43. The van der Waals surface area contributed by atoms with Crippen LogP contribution in [0.5, 0.6) is 0 Å². The van der Waals surface area contributed by atoms with Gasteiger partial charge in [-0.05, 0) is 42.8 Å². The topological polar surface area (TPSA) is 74.3 Å². The SMILES string of the molecule is Cc1ccc(NC(=O)C(=O)Nc2ccc(N(C)C)cc2)nc1. The van der Waals surface area contributed by atoms with Crippen LogP contribution in [0.2, 0.25) is 0 Å². The van der Waals surface area contributed by atoms with E-state index in [1.54, 1.807) is 30.5 Å². The molecule has 0 bridgehead atoms. The van der Waals surface area contributed by atoms with Gasteiger partial charge in [0.15, 0.2) is 0 Å². The Labute approximate surface area is 129 Å². The third-order valence-electron chi connectivity index (χ3n) is 3.00. The second-order valence-electron chi connectivity index (χ2n) is 5.07. The van der Waals surface area contributed by atoms with E-state index in [1.807, 2.05) is 38.1 Å². The molecule has 0 saturated heterocycles. The monoisotopic (exact) mass is 298 g/mol. The van der Waals surface area contributed by atoms with Gasteiger partial charge in [-0.1, -0.05) is 6.07 Å². The maximum Gasteiger partial charge on any atom is 0.315 e. The molecule has 114 valence electrons. The number of pyridine rings is 1. The van der Waals surface area contributed by atoms with Crippen molar-refractivity contribution in [2.45, 2.75) is 6.92 Å². The summed E-state index contributed by atoms with van der Waals surface area (Å²) in [4.78, 5) is 29.6. The Morgan fingerprint density at radius 3 is 2.14 bits per heavy atom. The van der Waals surface area contributed by atoms with Crippen LogP contribution < -0.4 is 15.5 Å². The van der Waals surface area contributed by atoms with E-state index >= 15 is 0 Å². The van der Waals surface area contributed by atoms with Crippen molar-refractivity contribution in [3.05, 3.63) is 48.2 Å². The molecule has 1 heterocycles. The predicted molar refractivity (Wildman–Crippen MR) is 87.0 cm³/mol. The highest BCUT2D eigenvalue weighted by atomic mass is 16.2. The van der Waals surface area contributed by atoms with Gasteiger partial charge in [0, 0.05) is 31.7 Å². The molecule has 0 aliphatic rings. The molecule has 22 heavy (non-hydrogen) atoms. The van der Waals surface area contributed by atoms with Gasteiger partial charge in [0.1, 0.15) is 5.82 Å². The number of aryl methyl sites for hydroxylation is 1. The number of hydrogen-bond acceptors (Lipinski definition) is 4. The Balaban J connectivity index is 1.96. The summed E-state index contributed by atoms with van der Waals surface area (Å²) < 4.78 is 0. The van der Waals surface area contributed by atoms with Crippen LogP contribution in [0, 0.1) is 6.92 Å². The molecule has 0 unspecified atom stereocenters. The summed E-state index contributed by atoms with van der Waals surface area (Å²) in [5.41, 5.74) is 2.54. The fourth-order valence-corrected chi connectivity index (χ4v) is 1.75. The van der Waals surface area contributed by atoms with Gasteiger partial charge in [-0.2, -0.15) is 0 Å². The van der Waals surface area contributed by atoms with Crippen molar-refractivity contribution in [2.75, 3.05) is 29.6 Å². The Morgan fingerprint density at radius 1 is 0.955 bits per heavy atom. The number of aromatic nitrogens is 1. The normalized spacial score (nSPS) is 9.95. The molecular weight excluding hydrogens is 280 g/mol. The van der Waals surface area contributed by atoms with Crippen molar-refractivity contribution in [3.8, 4) is 0 Å². The molecule has 2 N–H and O–H groups in total. The zero-order valence-corrected chi connectivity index (χ0v) is 12.8. The van der Waals surface area contributed by atoms with E-state index < -0.39 is 11.8 Å². The molecule has 1 aromatic heterocycles. The fraction of sp³-hybridized carbons (Fsp3) is 0.188. The summed E-state index contributed by atoms with van der Waals surface area (Å²) in [5, 5.41) is 4.99. The molecule has 2 amide bonds. The van der Waals surface area contributed by atoms with Crippen LogP contribution in [0.25, 0.3) is 0 Å². The van der Waals surface area contributed by atoms with E-state index in [2.05, 4.69) is 15.6 Å². The maximum absolute atomic E-state index is 11.8. The first-order valence-corrected chi connectivity index (χ1v) is 6.78. The molecular formula is C16H18N4O2. The van der Waals surface area contributed by atoms with Crippen molar-refractivity contribution in [1.29, 1.82) is 0 Å². The molecule has 0 spiro atoms. The number of nitrogens with one attached hydrogen (secondary N) is 2. The van der Waals surface area contributed by atoms with Gasteiger partial charge in [0.2, 0.25) is 0 Å². The number of anilines is 3. The van der Waals surface area contributed by atoms with Crippen LogP contribution in [0.15, 0.2) is 42.6 Å². The van der Waals surface area contributed by atoms with Gasteiger partial charge in [0.25, 0.3) is 0 Å². The Kier molecular flexibility index (Phi) is 4.73. The second kappa shape index (κ2) is 6.71.